The number of ether oxygens (including phenoxy) is 1. The maximum atomic E-state index is 11.1. The second kappa shape index (κ2) is 6.38. The minimum absolute atomic E-state index is 0.213. The third-order valence-electron chi connectivity index (χ3n) is 2.50. The maximum Gasteiger partial charge on any atom is 0.321 e. The third-order valence-corrected chi connectivity index (χ3v) is 2.50. The summed E-state index contributed by atoms with van der Waals surface area (Å²) in [5.41, 5.74) is 0. The van der Waals surface area contributed by atoms with Crippen LogP contribution in [0.4, 0.5) is 0 Å². The first-order valence-electron chi connectivity index (χ1n) is 5.65. The molecule has 15 heavy (non-hydrogen) atoms. The summed E-state index contributed by atoms with van der Waals surface area (Å²) in [6, 6.07) is 0. The van der Waals surface area contributed by atoms with E-state index in [1.165, 1.54) is 19.3 Å². The summed E-state index contributed by atoms with van der Waals surface area (Å²) in [6.07, 6.45) is 9.86. The van der Waals surface area contributed by atoms with Crippen molar-refractivity contribution in [1.82, 2.24) is 0 Å². The molecule has 0 aromatic carbocycles. The van der Waals surface area contributed by atoms with Gasteiger partial charge in [0.25, 0.3) is 0 Å². The van der Waals surface area contributed by atoms with Crippen molar-refractivity contribution in [2.75, 3.05) is 0 Å². The SMILES string of the molecule is CCCCCC/C=C\C1CC(=O)OC1=O. The van der Waals surface area contributed by atoms with Crippen LogP contribution in [0.1, 0.15) is 45.4 Å². The number of esters is 2. The van der Waals surface area contributed by atoms with Gasteiger partial charge < -0.3 is 4.74 Å². The fourth-order valence-electron chi connectivity index (χ4n) is 1.59. The van der Waals surface area contributed by atoms with Crippen LogP contribution in [0.5, 0.6) is 0 Å². The van der Waals surface area contributed by atoms with Gasteiger partial charge in [0.05, 0.1) is 12.3 Å². The van der Waals surface area contributed by atoms with Crippen LogP contribution in [0, 0.1) is 5.92 Å². The molecule has 0 bridgehead atoms. The van der Waals surface area contributed by atoms with E-state index in [0.717, 1.165) is 12.8 Å². The van der Waals surface area contributed by atoms with Gasteiger partial charge in [-0.3, -0.25) is 9.59 Å². The van der Waals surface area contributed by atoms with Gasteiger partial charge in [0, 0.05) is 0 Å². The lowest BCUT2D eigenvalue weighted by Gasteiger charge is -1.96. The Hall–Kier alpha value is -1.12. The van der Waals surface area contributed by atoms with Gasteiger partial charge in [-0.1, -0.05) is 38.3 Å². The third kappa shape index (κ3) is 4.28. The van der Waals surface area contributed by atoms with E-state index in [-0.39, 0.29) is 12.3 Å². The molecule has 0 aromatic heterocycles. The van der Waals surface area contributed by atoms with Crippen LogP contribution in [-0.2, 0) is 14.3 Å². The number of hydrogen-bond acceptors (Lipinski definition) is 3. The minimum atomic E-state index is -0.402. The van der Waals surface area contributed by atoms with E-state index >= 15 is 0 Å². The highest BCUT2D eigenvalue weighted by atomic mass is 16.6. The van der Waals surface area contributed by atoms with Crippen LogP contribution in [0.3, 0.4) is 0 Å². The van der Waals surface area contributed by atoms with Crippen LogP contribution in [0.15, 0.2) is 12.2 Å². The van der Waals surface area contributed by atoms with E-state index < -0.39 is 11.9 Å². The molecular formula is C12H18O3. The van der Waals surface area contributed by atoms with E-state index in [2.05, 4.69) is 11.7 Å². The summed E-state index contributed by atoms with van der Waals surface area (Å²) in [5, 5.41) is 0. The molecule has 0 aromatic rings. The van der Waals surface area contributed by atoms with Crippen LogP contribution in [0.2, 0.25) is 0 Å². The monoisotopic (exact) mass is 210 g/mol. The van der Waals surface area contributed by atoms with E-state index in [9.17, 15) is 9.59 Å². The van der Waals surface area contributed by atoms with E-state index in [1.54, 1.807) is 6.08 Å². The van der Waals surface area contributed by atoms with Crippen molar-refractivity contribution in [2.45, 2.75) is 45.4 Å². The van der Waals surface area contributed by atoms with Crippen LogP contribution >= 0.6 is 0 Å². The van der Waals surface area contributed by atoms with Crippen molar-refractivity contribution in [2.24, 2.45) is 5.92 Å². The van der Waals surface area contributed by atoms with Gasteiger partial charge in [-0.15, -0.1) is 0 Å². The molecule has 3 heteroatoms. The molecule has 0 spiro atoms. The Morgan fingerprint density at radius 3 is 2.73 bits per heavy atom. The van der Waals surface area contributed by atoms with Gasteiger partial charge >= 0.3 is 11.9 Å². The van der Waals surface area contributed by atoms with Crippen molar-refractivity contribution >= 4 is 11.9 Å². The summed E-state index contributed by atoms with van der Waals surface area (Å²) in [7, 11) is 0. The quantitative estimate of drug-likeness (QED) is 0.293. The second-order valence-electron chi connectivity index (χ2n) is 3.88. The normalized spacial score (nSPS) is 21.3. The van der Waals surface area contributed by atoms with Crippen molar-refractivity contribution in [3.8, 4) is 0 Å². The molecule has 84 valence electrons. The Morgan fingerprint density at radius 1 is 1.33 bits per heavy atom. The Balaban J connectivity index is 2.15. The molecule has 0 aliphatic carbocycles. The average molecular weight is 210 g/mol. The summed E-state index contributed by atoms with van der Waals surface area (Å²) in [4.78, 5) is 21.8. The summed E-state index contributed by atoms with van der Waals surface area (Å²) >= 11 is 0. The number of carbonyl (C=O) groups is 2. The molecule has 0 radical (unpaired) electrons. The van der Waals surface area contributed by atoms with Gasteiger partial charge in [0.1, 0.15) is 0 Å². The summed E-state index contributed by atoms with van der Waals surface area (Å²) < 4.78 is 4.44. The lowest BCUT2D eigenvalue weighted by atomic mass is 10.1. The fourth-order valence-corrected chi connectivity index (χ4v) is 1.59. The van der Waals surface area contributed by atoms with E-state index in [4.69, 9.17) is 0 Å². The largest absolute Gasteiger partial charge is 0.393 e. The molecule has 1 aliphatic rings. The van der Waals surface area contributed by atoms with Crippen molar-refractivity contribution < 1.29 is 14.3 Å². The summed E-state index contributed by atoms with van der Waals surface area (Å²) in [6.45, 7) is 2.18. The van der Waals surface area contributed by atoms with E-state index in [1.807, 2.05) is 6.08 Å². The molecule has 0 amide bonds. The molecule has 1 heterocycles. The smallest absolute Gasteiger partial charge is 0.321 e. The first kappa shape index (κ1) is 12.0. The van der Waals surface area contributed by atoms with E-state index in [0.29, 0.717) is 0 Å². The first-order valence-corrected chi connectivity index (χ1v) is 5.65. The number of hydrogen-bond donors (Lipinski definition) is 0. The zero-order valence-electron chi connectivity index (χ0n) is 9.20. The molecule has 0 saturated carbocycles. The Labute approximate surface area is 90.5 Å². The van der Waals surface area contributed by atoms with Gasteiger partial charge in [0.2, 0.25) is 0 Å². The van der Waals surface area contributed by atoms with Crippen LogP contribution in [-0.4, -0.2) is 11.9 Å². The highest BCUT2D eigenvalue weighted by Crippen LogP contribution is 2.17. The molecule has 1 unspecified atom stereocenters. The molecule has 1 aliphatic heterocycles. The van der Waals surface area contributed by atoms with Crippen molar-refractivity contribution in [1.29, 1.82) is 0 Å². The predicted octanol–water partition coefficient (Wildman–Crippen LogP) is 2.60. The summed E-state index contributed by atoms with van der Waals surface area (Å²) in [5.74, 6) is -1.13. The first-order chi connectivity index (χ1) is 7.24. The number of carbonyl (C=O) groups excluding carboxylic acids is 2. The van der Waals surface area contributed by atoms with Gasteiger partial charge in [0.15, 0.2) is 0 Å². The molecular weight excluding hydrogens is 192 g/mol. The Kier molecular flexibility index (Phi) is 5.08. The van der Waals surface area contributed by atoms with Crippen molar-refractivity contribution in [3.63, 3.8) is 0 Å². The zero-order valence-corrected chi connectivity index (χ0v) is 9.20. The average Bonchev–Trinajstić information content (AvgIpc) is 2.51. The van der Waals surface area contributed by atoms with Gasteiger partial charge in [-0.2, -0.15) is 0 Å². The van der Waals surface area contributed by atoms with Gasteiger partial charge in [-0.05, 0) is 12.8 Å². The molecule has 1 fully saturated rings. The number of allylic oxidation sites excluding steroid dienone is 1. The Morgan fingerprint density at radius 2 is 2.13 bits per heavy atom. The number of cyclic esters (lactones) is 2. The highest BCUT2D eigenvalue weighted by Gasteiger charge is 2.30. The number of unbranched alkanes of at least 4 members (excludes halogenated alkanes) is 4. The fraction of sp³-hybridized carbons (Fsp3) is 0.667. The molecule has 1 saturated heterocycles. The predicted molar refractivity (Wildman–Crippen MR) is 57.1 cm³/mol. The molecule has 0 N–H and O–H groups in total. The molecule has 3 nitrogen and oxygen atoms in total. The highest BCUT2D eigenvalue weighted by molar-refractivity contribution is 5.95. The topological polar surface area (TPSA) is 43.4 Å². The standard InChI is InChI=1S/C12H18O3/c1-2-3-4-5-6-7-8-10-9-11(13)15-12(10)14/h7-8,10H,2-6,9H2,1H3/b8-7-. The van der Waals surface area contributed by atoms with Gasteiger partial charge in [-0.25, -0.2) is 0 Å². The maximum absolute atomic E-state index is 11.1. The minimum Gasteiger partial charge on any atom is -0.393 e. The Bertz CT molecular complexity index is 256. The lowest BCUT2D eigenvalue weighted by Crippen LogP contribution is -2.03. The van der Waals surface area contributed by atoms with Crippen LogP contribution in [0.25, 0.3) is 0 Å². The molecule has 1 rings (SSSR count). The van der Waals surface area contributed by atoms with Crippen LogP contribution < -0.4 is 0 Å². The van der Waals surface area contributed by atoms with Crippen molar-refractivity contribution in [3.05, 3.63) is 12.2 Å². The molecule has 1 atom stereocenters. The lowest BCUT2D eigenvalue weighted by molar-refractivity contribution is -0.152. The second-order valence-corrected chi connectivity index (χ2v) is 3.88. The number of rotatable bonds is 6. The zero-order chi connectivity index (χ0) is 11.1.